The van der Waals surface area contributed by atoms with E-state index in [0.717, 1.165) is 26.0 Å². The summed E-state index contributed by atoms with van der Waals surface area (Å²) >= 11 is 1.76. The lowest BCUT2D eigenvalue weighted by atomic mass is 10.3. The topological polar surface area (TPSA) is 59.6 Å². The molecular weight excluding hydrogens is 246 g/mol. The molecule has 18 heavy (non-hydrogen) atoms. The summed E-state index contributed by atoms with van der Waals surface area (Å²) in [5.74, 6) is 0.524. The summed E-state index contributed by atoms with van der Waals surface area (Å²) in [5, 5.41) is 5.20. The van der Waals surface area contributed by atoms with E-state index in [1.807, 2.05) is 13.8 Å². The Labute approximate surface area is 113 Å². The lowest BCUT2D eigenvalue weighted by Crippen LogP contribution is -2.33. The zero-order valence-corrected chi connectivity index (χ0v) is 12.0. The molecule has 5 heteroatoms. The first-order chi connectivity index (χ1) is 8.68. The molecule has 0 radical (unpaired) electrons. The Morgan fingerprint density at radius 1 is 1.56 bits per heavy atom. The van der Waals surface area contributed by atoms with Gasteiger partial charge in [0.05, 0.1) is 6.10 Å². The van der Waals surface area contributed by atoms with E-state index in [0.29, 0.717) is 12.5 Å². The Kier molecular flexibility index (Phi) is 7.44. The fraction of sp³-hybridized carbons (Fsp3) is 0.615. The summed E-state index contributed by atoms with van der Waals surface area (Å²) in [5.41, 5.74) is 5.76. The summed E-state index contributed by atoms with van der Waals surface area (Å²) < 4.78 is 5.42. The fourth-order valence-corrected chi connectivity index (χ4v) is 2.12. The summed E-state index contributed by atoms with van der Waals surface area (Å²) in [6, 6.07) is 4.19. The molecule has 1 aromatic heterocycles. The van der Waals surface area contributed by atoms with Crippen molar-refractivity contribution in [1.29, 1.82) is 0 Å². The Bertz CT molecular complexity index is 336. The van der Waals surface area contributed by atoms with Crippen LogP contribution >= 0.6 is 11.3 Å². The van der Waals surface area contributed by atoms with Gasteiger partial charge in [-0.25, -0.2) is 0 Å². The molecule has 0 bridgehead atoms. The minimum atomic E-state index is 0.287. The Morgan fingerprint density at radius 3 is 3.06 bits per heavy atom. The molecule has 0 saturated carbocycles. The van der Waals surface area contributed by atoms with Gasteiger partial charge in [-0.15, -0.1) is 11.3 Å². The van der Waals surface area contributed by atoms with Gasteiger partial charge in [0, 0.05) is 24.6 Å². The van der Waals surface area contributed by atoms with Crippen LogP contribution in [0.2, 0.25) is 0 Å². The molecular formula is C13H23N3OS. The van der Waals surface area contributed by atoms with Gasteiger partial charge < -0.3 is 15.8 Å². The summed E-state index contributed by atoms with van der Waals surface area (Å²) in [6.45, 7) is 6.35. The van der Waals surface area contributed by atoms with Gasteiger partial charge in [0.25, 0.3) is 0 Å². The number of thiophene rings is 1. The number of hydrogen-bond acceptors (Lipinski definition) is 3. The molecule has 0 atom stereocenters. The van der Waals surface area contributed by atoms with E-state index in [4.69, 9.17) is 10.5 Å². The summed E-state index contributed by atoms with van der Waals surface area (Å²) in [4.78, 5) is 5.61. The molecule has 0 aliphatic heterocycles. The maximum atomic E-state index is 5.76. The van der Waals surface area contributed by atoms with Crippen LogP contribution in [0, 0.1) is 0 Å². The number of nitrogens with one attached hydrogen (secondary N) is 1. The molecule has 0 aliphatic rings. The van der Waals surface area contributed by atoms with Crippen LogP contribution in [-0.4, -0.2) is 31.8 Å². The van der Waals surface area contributed by atoms with Crippen LogP contribution in [0.25, 0.3) is 0 Å². The van der Waals surface area contributed by atoms with Crippen molar-refractivity contribution in [2.24, 2.45) is 10.7 Å². The van der Waals surface area contributed by atoms with Crippen LogP contribution in [0.15, 0.2) is 22.5 Å². The molecule has 3 N–H and O–H groups in total. The van der Waals surface area contributed by atoms with Crippen LogP contribution in [0.1, 0.15) is 25.1 Å². The van der Waals surface area contributed by atoms with Crippen LogP contribution < -0.4 is 11.1 Å². The molecule has 0 amide bonds. The van der Waals surface area contributed by atoms with E-state index in [1.54, 1.807) is 11.3 Å². The fourth-order valence-electron chi connectivity index (χ4n) is 1.41. The van der Waals surface area contributed by atoms with Gasteiger partial charge in [-0.05, 0) is 38.1 Å². The Hall–Kier alpha value is -1.07. The van der Waals surface area contributed by atoms with Crippen LogP contribution in [0.5, 0.6) is 0 Å². The number of nitrogens with two attached hydrogens (primary N) is 1. The normalized spacial score (nSPS) is 12.1. The largest absolute Gasteiger partial charge is 0.379 e. The van der Waals surface area contributed by atoms with Crippen LogP contribution in [0.4, 0.5) is 0 Å². The van der Waals surface area contributed by atoms with E-state index in [9.17, 15) is 0 Å². The minimum Gasteiger partial charge on any atom is -0.379 e. The van der Waals surface area contributed by atoms with Crippen LogP contribution in [-0.2, 0) is 11.2 Å². The number of guanidine groups is 1. The number of nitrogens with zero attached hydrogens (tertiary/aromatic N) is 1. The highest BCUT2D eigenvalue weighted by atomic mass is 32.1. The Balaban J connectivity index is 2.03. The van der Waals surface area contributed by atoms with Crippen LogP contribution in [0.3, 0.4) is 0 Å². The number of ether oxygens (including phenoxy) is 1. The average molecular weight is 269 g/mol. The molecule has 0 aromatic carbocycles. The molecule has 1 aromatic rings. The number of aliphatic imine (C=N–C) groups is 1. The Morgan fingerprint density at radius 2 is 2.39 bits per heavy atom. The lowest BCUT2D eigenvalue weighted by Gasteiger charge is -2.06. The number of hydrogen-bond donors (Lipinski definition) is 2. The second kappa shape index (κ2) is 8.94. The van der Waals surface area contributed by atoms with Crippen molar-refractivity contribution in [2.75, 3.05) is 19.7 Å². The maximum Gasteiger partial charge on any atom is 0.188 e. The van der Waals surface area contributed by atoms with Crippen molar-refractivity contribution in [3.8, 4) is 0 Å². The van der Waals surface area contributed by atoms with E-state index in [2.05, 4.69) is 27.8 Å². The van der Waals surface area contributed by atoms with E-state index < -0.39 is 0 Å². The zero-order valence-electron chi connectivity index (χ0n) is 11.2. The molecule has 0 fully saturated rings. The monoisotopic (exact) mass is 269 g/mol. The first kappa shape index (κ1) is 15.0. The van der Waals surface area contributed by atoms with Gasteiger partial charge in [-0.1, -0.05) is 6.07 Å². The van der Waals surface area contributed by atoms with Crippen molar-refractivity contribution >= 4 is 17.3 Å². The minimum absolute atomic E-state index is 0.287. The quantitative estimate of drug-likeness (QED) is 0.431. The molecule has 4 nitrogen and oxygen atoms in total. The molecule has 102 valence electrons. The van der Waals surface area contributed by atoms with Crippen molar-refractivity contribution in [1.82, 2.24) is 5.32 Å². The number of rotatable bonds is 8. The second-order valence-corrected chi connectivity index (χ2v) is 5.33. The first-order valence-electron chi connectivity index (χ1n) is 6.36. The summed E-state index contributed by atoms with van der Waals surface area (Å²) in [7, 11) is 0. The maximum absolute atomic E-state index is 5.76. The van der Waals surface area contributed by atoms with Crippen molar-refractivity contribution in [3.05, 3.63) is 22.4 Å². The van der Waals surface area contributed by atoms with Gasteiger partial charge in [-0.2, -0.15) is 0 Å². The van der Waals surface area contributed by atoms with Crippen molar-refractivity contribution < 1.29 is 4.74 Å². The van der Waals surface area contributed by atoms with E-state index in [1.165, 1.54) is 4.88 Å². The van der Waals surface area contributed by atoms with Gasteiger partial charge in [-0.3, -0.25) is 4.99 Å². The molecule has 1 rings (SSSR count). The third kappa shape index (κ3) is 7.29. The smallest absolute Gasteiger partial charge is 0.188 e. The summed E-state index contributed by atoms with van der Waals surface area (Å²) in [6.07, 6.45) is 2.19. The van der Waals surface area contributed by atoms with E-state index >= 15 is 0 Å². The predicted octanol–water partition coefficient (Wildman–Crippen LogP) is 2.01. The van der Waals surface area contributed by atoms with Crippen molar-refractivity contribution in [2.45, 2.75) is 32.8 Å². The predicted molar refractivity (Wildman–Crippen MR) is 78.2 cm³/mol. The molecule has 0 aliphatic carbocycles. The molecule has 1 heterocycles. The standard InChI is InChI=1S/C13H23N3OS/c1-11(2)17-9-4-7-15-13(14)16-8-6-12-5-3-10-18-12/h3,5,10-11H,4,6-9H2,1-2H3,(H3,14,15,16). The third-order valence-electron chi connectivity index (χ3n) is 2.29. The van der Waals surface area contributed by atoms with Crippen molar-refractivity contribution in [3.63, 3.8) is 0 Å². The molecule has 0 unspecified atom stereocenters. The van der Waals surface area contributed by atoms with Gasteiger partial charge in [0.1, 0.15) is 0 Å². The van der Waals surface area contributed by atoms with Gasteiger partial charge in [0.15, 0.2) is 5.96 Å². The molecule has 0 saturated heterocycles. The molecule has 0 spiro atoms. The lowest BCUT2D eigenvalue weighted by molar-refractivity contribution is 0.0783. The SMILES string of the molecule is CC(C)OCCCN=C(N)NCCc1cccs1. The first-order valence-corrected chi connectivity index (χ1v) is 7.24. The zero-order chi connectivity index (χ0) is 13.2. The van der Waals surface area contributed by atoms with Gasteiger partial charge in [0.2, 0.25) is 0 Å². The second-order valence-electron chi connectivity index (χ2n) is 4.30. The average Bonchev–Trinajstić information content (AvgIpc) is 2.81. The van der Waals surface area contributed by atoms with E-state index in [-0.39, 0.29) is 6.10 Å². The highest BCUT2D eigenvalue weighted by Gasteiger charge is 1.95. The highest BCUT2D eigenvalue weighted by Crippen LogP contribution is 2.07. The third-order valence-corrected chi connectivity index (χ3v) is 3.23. The van der Waals surface area contributed by atoms with Gasteiger partial charge >= 0.3 is 0 Å². The highest BCUT2D eigenvalue weighted by molar-refractivity contribution is 7.09.